The Morgan fingerprint density at radius 3 is 2.88 bits per heavy atom. The summed E-state index contributed by atoms with van der Waals surface area (Å²) >= 11 is 0. The van der Waals surface area contributed by atoms with Crippen molar-refractivity contribution in [3.8, 4) is 0 Å². The van der Waals surface area contributed by atoms with E-state index in [9.17, 15) is 0 Å². The normalized spacial score (nSPS) is 11.0. The minimum atomic E-state index is 0.873. The van der Waals surface area contributed by atoms with Gasteiger partial charge in [-0.15, -0.1) is 0 Å². The molecule has 0 saturated carbocycles. The van der Waals surface area contributed by atoms with E-state index in [1.54, 1.807) is 0 Å². The van der Waals surface area contributed by atoms with E-state index in [0.717, 1.165) is 25.2 Å². The summed E-state index contributed by atoms with van der Waals surface area (Å²) in [6.45, 7) is 3.81. The van der Waals surface area contributed by atoms with E-state index in [2.05, 4.69) is 21.7 Å². The molecule has 0 amide bonds. The fourth-order valence-electron chi connectivity index (χ4n) is 1.91. The number of aromatic nitrogens is 4. The number of nitrogens with zero attached hydrogens (tertiary/aromatic N) is 4. The van der Waals surface area contributed by atoms with Crippen LogP contribution in [0, 0.1) is 6.92 Å². The van der Waals surface area contributed by atoms with Crippen LogP contribution in [0.3, 0.4) is 0 Å². The molecule has 0 atom stereocenters. The van der Waals surface area contributed by atoms with Crippen LogP contribution in [0.25, 0.3) is 0 Å². The van der Waals surface area contributed by atoms with Crippen LogP contribution in [-0.4, -0.2) is 26.6 Å². The molecule has 2 aromatic rings. The molecule has 2 heterocycles. The third kappa shape index (κ3) is 2.74. The molecule has 1 N–H and O–H groups in total. The SMILES string of the molecule is CNCc1cn(CCc2ccnn2C)nc1C. The topological polar surface area (TPSA) is 47.7 Å². The van der Waals surface area contributed by atoms with Crippen LogP contribution in [0.1, 0.15) is 17.0 Å². The Bertz CT molecular complexity index is 483. The molecule has 0 aliphatic heterocycles. The van der Waals surface area contributed by atoms with Crippen LogP contribution in [0.5, 0.6) is 0 Å². The predicted octanol–water partition coefficient (Wildman–Crippen LogP) is 0.887. The first-order valence-electron chi connectivity index (χ1n) is 5.85. The van der Waals surface area contributed by atoms with Gasteiger partial charge in [0.05, 0.1) is 5.69 Å². The zero-order valence-corrected chi connectivity index (χ0v) is 10.6. The van der Waals surface area contributed by atoms with Gasteiger partial charge in [-0.05, 0) is 20.0 Å². The van der Waals surface area contributed by atoms with Gasteiger partial charge in [0.2, 0.25) is 0 Å². The lowest BCUT2D eigenvalue weighted by Gasteiger charge is -2.02. The quantitative estimate of drug-likeness (QED) is 0.834. The molecule has 0 radical (unpaired) electrons. The van der Waals surface area contributed by atoms with Crippen molar-refractivity contribution in [1.82, 2.24) is 24.9 Å². The van der Waals surface area contributed by atoms with Gasteiger partial charge >= 0.3 is 0 Å². The highest BCUT2D eigenvalue weighted by atomic mass is 15.3. The lowest BCUT2D eigenvalue weighted by atomic mass is 10.2. The Balaban J connectivity index is 2.00. The molecule has 2 rings (SSSR count). The molecule has 0 saturated heterocycles. The second-order valence-corrected chi connectivity index (χ2v) is 4.23. The van der Waals surface area contributed by atoms with Gasteiger partial charge in [0, 0.05) is 50.2 Å². The summed E-state index contributed by atoms with van der Waals surface area (Å²) in [6, 6.07) is 2.05. The Kier molecular flexibility index (Phi) is 3.58. The molecule has 0 spiro atoms. The van der Waals surface area contributed by atoms with Crippen molar-refractivity contribution < 1.29 is 0 Å². The van der Waals surface area contributed by atoms with Gasteiger partial charge in [-0.2, -0.15) is 10.2 Å². The average molecular weight is 233 g/mol. The maximum Gasteiger partial charge on any atom is 0.0638 e. The van der Waals surface area contributed by atoms with E-state index in [0.29, 0.717) is 0 Å². The third-order valence-electron chi connectivity index (χ3n) is 2.93. The molecular formula is C12H19N5. The third-order valence-corrected chi connectivity index (χ3v) is 2.93. The van der Waals surface area contributed by atoms with E-state index in [1.807, 2.05) is 42.6 Å². The van der Waals surface area contributed by atoms with Crippen LogP contribution >= 0.6 is 0 Å². The van der Waals surface area contributed by atoms with Gasteiger partial charge in [0.25, 0.3) is 0 Å². The van der Waals surface area contributed by atoms with Crippen molar-refractivity contribution in [3.63, 3.8) is 0 Å². The highest BCUT2D eigenvalue weighted by Gasteiger charge is 2.05. The van der Waals surface area contributed by atoms with E-state index in [-0.39, 0.29) is 0 Å². The highest BCUT2D eigenvalue weighted by Crippen LogP contribution is 2.06. The Morgan fingerprint density at radius 1 is 1.41 bits per heavy atom. The number of rotatable bonds is 5. The van der Waals surface area contributed by atoms with Crippen molar-refractivity contribution in [2.75, 3.05) is 7.05 Å². The molecule has 0 aliphatic carbocycles. The number of nitrogens with one attached hydrogen (secondary N) is 1. The van der Waals surface area contributed by atoms with Crippen LogP contribution in [0.4, 0.5) is 0 Å². The van der Waals surface area contributed by atoms with Gasteiger partial charge in [-0.1, -0.05) is 0 Å². The van der Waals surface area contributed by atoms with Crippen LogP contribution < -0.4 is 5.32 Å². The second kappa shape index (κ2) is 5.14. The molecule has 5 heteroatoms. The first kappa shape index (κ1) is 11.9. The molecule has 0 unspecified atom stereocenters. The van der Waals surface area contributed by atoms with Gasteiger partial charge in [-0.25, -0.2) is 0 Å². The van der Waals surface area contributed by atoms with Crippen molar-refractivity contribution in [3.05, 3.63) is 35.4 Å². The largest absolute Gasteiger partial charge is 0.316 e. The van der Waals surface area contributed by atoms with Crippen molar-refractivity contribution >= 4 is 0 Å². The lowest BCUT2D eigenvalue weighted by molar-refractivity contribution is 0.582. The molecule has 0 bridgehead atoms. The molecule has 2 aromatic heterocycles. The molecule has 0 fully saturated rings. The first-order valence-corrected chi connectivity index (χ1v) is 5.85. The van der Waals surface area contributed by atoms with E-state index < -0.39 is 0 Å². The van der Waals surface area contributed by atoms with E-state index in [4.69, 9.17) is 0 Å². The van der Waals surface area contributed by atoms with Gasteiger partial charge < -0.3 is 5.32 Å². The molecule has 0 aromatic carbocycles. The summed E-state index contributed by atoms with van der Waals surface area (Å²) < 4.78 is 3.92. The Morgan fingerprint density at radius 2 is 2.24 bits per heavy atom. The summed E-state index contributed by atoms with van der Waals surface area (Å²) in [7, 11) is 3.92. The zero-order valence-electron chi connectivity index (χ0n) is 10.6. The van der Waals surface area contributed by atoms with Gasteiger partial charge in [0.1, 0.15) is 0 Å². The minimum absolute atomic E-state index is 0.873. The van der Waals surface area contributed by atoms with Crippen LogP contribution in [-0.2, 0) is 26.6 Å². The number of hydrogen-bond donors (Lipinski definition) is 1. The summed E-state index contributed by atoms with van der Waals surface area (Å²) in [6.07, 6.45) is 4.90. The first-order chi connectivity index (χ1) is 8.20. The van der Waals surface area contributed by atoms with Crippen LogP contribution in [0.15, 0.2) is 18.5 Å². The van der Waals surface area contributed by atoms with Crippen molar-refractivity contribution in [1.29, 1.82) is 0 Å². The Labute approximate surface area is 101 Å². The summed E-state index contributed by atoms with van der Waals surface area (Å²) in [5, 5.41) is 11.8. The lowest BCUT2D eigenvalue weighted by Crippen LogP contribution is -2.06. The minimum Gasteiger partial charge on any atom is -0.316 e. The molecular weight excluding hydrogens is 214 g/mol. The monoisotopic (exact) mass is 233 g/mol. The highest BCUT2D eigenvalue weighted by molar-refractivity contribution is 5.15. The molecule has 17 heavy (non-hydrogen) atoms. The van der Waals surface area contributed by atoms with Gasteiger partial charge in [-0.3, -0.25) is 9.36 Å². The van der Waals surface area contributed by atoms with E-state index >= 15 is 0 Å². The van der Waals surface area contributed by atoms with Gasteiger partial charge in [0.15, 0.2) is 0 Å². The zero-order chi connectivity index (χ0) is 12.3. The average Bonchev–Trinajstić information content (AvgIpc) is 2.84. The van der Waals surface area contributed by atoms with Crippen molar-refractivity contribution in [2.45, 2.75) is 26.4 Å². The fraction of sp³-hybridized carbons (Fsp3) is 0.500. The summed E-state index contributed by atoms with van der Waals surface area (Å²) in [4.78, 5) is 0. The summed E-state index contributed by atoms with van der Waals surface area (Å²) in [5.41, 5.74) is 3.59. The fourth-order valence-corrected chi connectivity index (χ4v) is 1.91. The van der Waals surface area contributed by atoms with Crippen molar-refractivity contribution in [2.24, 2.45) is 7.05 Å². The molecule has 92 valence electrons. The maximum absolute atomic E-state index is 4.51. The number of hydrogen-bond acceptors (Lipinski definition) is 3. The second-order valence-electron chi connectivity index (χ2n) is 4.23. The standard InChI is InChI=1S/C12H19N5/c1-10-11(8-13-2)9-17(15-10)7-5-12-4-6-14-16(12)3/h4,6,9,13H,5,7-8H2,1-3H3. The molecule has 0 aliphatic rings. The summed E-state index contributed by atoms with van der Waals surface area (Å²) in [5.74, 6) is 0. The smallest absolute Gasteiger partial charge is 0.0638 e. The predicted molar refractivity (Wildman–Crippen MR) is 66.6 cm³/mol. The molecule has 5 nitrogen and oxygen atoms in total. The Hall–Kier alpha value is -1.62. The number of aryl methyl sites for hydroxylation is 4. The maximum atomic E-state index is 4.51. The van der Waals surface area contributed by atoms with Crippen LogP contribution in [0.2, 0.25) is 0 Å². The van der Waals surface area contributed by atoms with E-state index in [1.165, 1.54) is 11.3 Å².